The van der Waals surface area contributed by atoms with Crippen molar-refractivity contribution in [2.75, 3.05) is 31.6 Å². The highest BCUT2D eigenvalue weighted by Crippen LogP contribution is 2.32. The number of piperazine rings is 1. The summed E-state index contributed by atoms with van der Waals surface area (Å²) in [4.78, 5) is 32.9. The zero-order valence-electron chi connectivity index (χ0n) is 19.4. The Bertz CT molecular complexity index is 972. The van der Waals surface area contributed by atoms with Crippen LogP contribution in [0.25, 0.3) is 0 Å². The molecule has 1 unspecified atom stereocenters. The number of pyridine rings is 1. The number of amides is 2. The van der Waals surface area contributed by atoms with E-state index in [0.717, 1.165) is 30.9 Å². The van der Waals surface area contributed by atoms with Gasteiger partial charge in [-0.1, -0.05) is 12.1 Å². The van der Waals surface area contributed by atoms with Crippen LogP contribution in [0.15, 0.2) is 47.2 Å². The first-order chi connectivity index (χ1) is 15.0. The summed E-state index contributed by atoms with van der Waals surface area (Å²) in [5.41, 5.74) is 2.11. The summed E-state index contributed by atoms with van der Waals surface area (Å²) in [5.74, 6) is -0.118. The summed E-state index contributed by atoms with van der Waals surface area (Å²) in [6, 6.07) is 11.4. The number of carbonyl (C=O) groups is 2. The van der Waals surface area contributed by atoms with Crippen molar-refractivity contribution in [3.63, 3.8) is 0 Å². The zero-order valence-corrected chi connectivity index (χ0v) is 21.0. The standard InChI is InChI=1S/C24H31BrN4O3/c1-17-15-28(12-13-29(17,23(31)32)24(2,3)4)16-18-6-9-20(10-7-18)27(5)22(30)19-8-11-21(25)26-14-19/h6-11,14,17H,12-13,15-16H2,1-5H3/p+1/t17-,29?/m0/s1. The largest absolute Gasteiger partial charge is 0.514 e. The molecule has 172 valence electrons. The fraction of sp³-hybridized carbons (Fsp3) is 0.458. The van der Waals surface area contributed by atoms with Crippen LogP contribution in [0.2, 0.25) is 0 Å². The second-order valence-corrected chi connectivity index (χ2v) is 10.3. The molecule has 1 N–H and O–H groups in total. The van der Waals surface area contributed by atoms with Gasteiger partial charge in [0.15, 0.2) is 0 Å². The van der Waals surface area contributed by atoms with Crippen molar-refractivity contribution in [1.29, 1.82) is 0 Å². The van der Waals surface area contributed by atoms with Crippen LogP contribution in [-0.4, -0.2) is 69.7 Å². The number of carbonyl (C=O) groups excluding carboxylic acids is 1. The molecule has 0 aliphatic carbocycles. The number of nitrogens with zero attached hydrogens (tertiary/aromatic N) is 4. The van der Waals surface area contributed by atoms with E-state index in [4.69, 9.17) is 0 Å². The van der Waals surface area contributed by atoms with Gasteiger partial charge in [-0.25, -0.2) is 9.47 Å². The van der Waals surface area contributed by atoms with Gasteiger partial charge in [-0.15, -0.1) is 0 Å². The molecular weight excluding hydrogens is 472 g/mol. The summed E-state index contributed by atoms with van der Waals surface area (Å²) in [6.07, 6.45) is 0.810. The van der Waals surface area contributed by atoms with Gasteiger partial charge in [0.05, 0.1) is 12.1 Å². The third kappa shape index (κ3) is 4.72. The van der Waals surface area contributed by atoms with E-state index in [9.17, 15) is 14.7 Å². The van der Waals surface area contributed by atoms with Crippen LogP contribution in [0.5, 0.6) is 0 Å². The number of hydrogen-bond donors (Lipinski definition) is 1. The Hall–Kier alpha value is -2.29. The Morgan fingerprint density at radius 2 is 1.88 bits per heavy atom. The number of hydrogen-bond acceptors (Lipinski definition) is 4. The van der Waals surface area contributed by atoms with E-state index in [2.05, 4.69) is 25.8 Å². The number of carboxylic acid groups (broad SMARTS) is 1. The van der Waals surface area contributed by atoms with E-state index in [1.54, 1.807) is 30.3 Å². The number of benzene rings is 1. The van der Waals surface area contributed by atoms with E-state index < -0.39 is 6.09 Å². The van der Waals surface area contributed by atoms with Gasteiger partial charge in [-0.3, -0.25) is 9.69 Å². The van der Waals surface area contributed by atoms with Crippen LogP contribution < -0.4 is 4.90 Å². The molecule has 1 saturated heterocycles. The lowest BCUT2D eigenvalue weighted by molar-refractivity contribution is -0.929. The molecule has 8 heteroatoms. The Balaban J connectivity index is 1.66. The molecule has 0 spiro atoms. The third-order valence-electron chi connectivity index (χ3n) is 6.59. The molecule has 0 saturated carbocycles. The highest BCUT2D eigenvalue weighted by molar-refractivity contribution is 9.10. The highest BCUT2D eigenvalue weighted by atomic mass is 79.9. The summed E-state index contributed by atoms with van der Waals surface area (Å²) < 4.78 is 0.773. The summed E-state index contributed by atoms with van der Waals surface area (Å²) in [5, 5.41) is 10.0. The molecule has 0 bridgehead atoms. The summed E-state index contributed by atoms with van der Waals surface area (Å²) in [7, 11) is 1.75. The molecule has 1 aromatic heterocycles. The van der Waals surface area contributed by atoms with Crippen LogP contribution in [0.3, 0.4) is 0 Å². The Kier molecular flexibility index (Phi) is 7.07. The van der Waals surface area contributed by atoms with Crippen LogP contribution in [-0.2, 0) is 6.54 Å². The highest BCUT2D eigenvalue weighted by Gasteiger charge is 2.54. The lowest BCUT2D eigenvalue weighted by Crippen LogP contribution is -2.73. The number of rotatable bonds is 4. The van der Waals surface area contributed by atoms with E-state index in [1.165, 1.54) is 0 Å². The molecule has 1 aromatic carbocycles. The van der Waals surface area contributed by atoms with Gasteiger partial charge in [-0.05, 0) is 73.5 Å². The quantitative estimate of drug-likeness (QED) is 0.486. The predicted molar refractivity (Wildman–Crippen MR) is 129 cm³/mol. The Morgan fingerprint density at radius 3 is 2.38 bits per heavy atom. The van der Waals surface area contributed by atoms with E-state index in [0.29, 0.717) is 16.7 Å². The minimum atomic E-state index is -0.748. The SMILES string of the molecule is C[C@H]1CN(Cc2ccc(N(C)C(=O)c3ccc(Br)nc3)cc2)CC[N+]1(C(=O)O)C(C)(C)C. The van der Waals surface area contributed by atoms with E-state index in [1.807, 2.05) is 52.0 Å². The van der Waals surface area contributed by atoms with Crippen LogP contribution in [0, 0.1) is 0 Å². The maximum absolute atomic E-state index is 12.7. The van der Waals surface area contributed by atoms with Gasteiger partial charge in [0, 0.05) is 32.0 Å². The van der Waals surface area contributed by atoms with Crippen molar-refractivity contribution < 1.29 is 19.2 Å². The molecule has 1 fully saturated rings. The minimum Gasteiger partial charge on any atom is -0.435 e. The first kappa shape index (κ1) is 24.4. The molecule has 2 amide bonds. The topological polar surface area (TPSA) is 73.7 Å². The van der Waals surface area contributed by atoms with Gasteiger partial charge >= 0.3 is 6.09 Å². The first-order valence-corrected chi connectivity index (χ1v) is 11.6. The van der Waals surface area contributed by atoms with Gasteiger partial charge in [-0.2, -0.15) is 4.79 Å². The molecule has 1 aliphatic heterocycles. The van der Waals surface area contributed by atoms with Crippen LogP contribution in [0.4, 0.5) is 10.5 Å². The molecule has 0 radical (unpaired) electrons. The zero-order chi connectivity index (χ0) is 23.7. The lowest BCUT2D eigenvalue weighted by atomic mass is 9.95. The molecule has 3 rings (SSSR count). The molecule has 2 atom stereocenters. The van der Waals surface area contributed by atoms with Gasteiger partial charge in [0.2, 0.25) is 0 Å². The number of aromatic nitrogens is 1. The second-order valence-electron chi connectivity index (χ2n) is 9.53. The number of anilines is 1. The van der Waals surface area contributed by atoms with Crippen molar-refractivity contribution in [3.8, 4) is 0 Å². The summed E-state index contributed by atoms with van der Waals surface area (Å²) in [6.45, 7) is 10.8. The van der Waals surface area contributed by atoms with Crippen molar-refractivity contribution in [2.24, 2.45) is 0 Å². The Labute approximate surface area is 198 Å². The number of halogens is 1. The predicted octanol–water partition coefficient (Wildman–Crippen LogP) is 4.62. The van der Waals surface area contributed by atoms with E-state index in [-0.39, 0.29) is 22.0 Å². The molecule has 1 aliphatic rings. The van der Waals surface area contributed by atoms with Crippen molar-refractivity contribution in [1.82, 2.24) is 9.88 Å². The van der Waals surface area contributed by atoms with Gasteiger partial charge in [0.1, 0.15) is 22.7 Å². The van der Waals surface area contributed by atoms with Crippen molar-refractivity contribution in [2.45, 2.75) is 45.8 Å². The molecule has 7 nitrogen and oxygen atoms in total. The smallest absolute Gasteiger partial charge is 0.435 e. The van der Waals surface area contributed by atoms with Gasteiger partial charge in [0.25, 0.3) is 5.91 Å². The van der Waals surface area contributed by atoms with Gasteiger partial charge < -0.3 is 10.0 Å². The van der Waals surface area contributed by atoms with Crippen LogP contribution in [0.1, 0.15) is 43.6 Å². The fourth-order valence-corrected chi connectivity index (χ4v) is 4.97. The second kappa shape index (κ2) is 9.29. The minimum absolute atomic E-state index is 0.0104. The van der Waals surface area contributed by atoms with Crippen LogP contribution >= 0.6 is 15.9 Å². The monoisotopic (exact) mass is 503 g/mol. The average Bonchev–Trinajstić information content (AvgIpc) is 2.73. The molecule has 2 heterocycles. The van der Waals surface area contributed by atoms with Crippen molar-refractivity contribution >= 4 is 33.6 Å². The lowest BCUT2D eigenvalue weighted by Gasteiger charge is -2.52. The number of quaternary nitrogens is 1. The van der Waals surface area contributed by atoms with Crippen molar-refractivity contribution in [3.05, 3.63) is 58.3 Å². The first-order valence-electron chi connectivity index (χ1n) is 10.8. The maximum atomic E-state index is 12.7. The Morgan fingerprint density at radius 1 is 1.22 bits per heavy atom. The molecular formula is C24H32BrN4O3+. The average molecular weight is 504 g/mol. The normalized spacial score (nSPS) is 21.9. The summed E-state index contributed by atoms with van der Waals surface area (Å²) >= 11 is 3.28. The molecule has 32 heavy (non-hydrogen) atoms. The maximum Gasteiger partial charge on any atom is 0.514 e. The van der Waals surface area contributed by atoms with E-state index >= 15 is 0 Å². The molecule has 2 aromatic rings. The third-order valence-corrected chi connectivity index (χ3v) is 7.06. The fourth-order valence-electron chi connectivity index (χ4n) is 4.73.